The fraction of sp³-hybridized carbons (Fsp3) is 0.773. The monoisotopic (exact) mass is 386 g/mol. The van der Waals surface area contributed by atoms with Crippen molar-refractivity contribution < 1.29 is 9.53 Å². The highest BCUT2D eigenvalue weighted by Crippen LogP contribution is 2.31. The summed E-state index contributed by atoms with van der Waals surface area (Å²) >= 11 is 0. The van der Waals surface area contributed by atoms with Crippen molar-refractivity contribution >= 4 is 11.7 Å². The normalized spacial score (nSPS) is 22.5. The molecule has 1 aromatic rings. The Morgan fingerprint density at radius 3 is 2.43 bits per heavy atom. The largest absolute Gasteiger partial charge is 0.378 e. The minimum Gasteiger partial charge on any atom is -0.378 e. The quantitative estimate of drug-likeness (QED) is 0.796. The van der Waals surface area contributed by atoms with E-state index in [2.05, 4.69) is 22.8 Å². The van der Waals surface area contributed by atoms with E-state index in [0.29, 0.717) is 11.8 Å². The first-order chi connectivity index (χ1) is 13.7. The third kappa shape index (κ3) is 4.48. The number of carbonyl (C=O) groups is 1. The van der Waals surface area contributed by atoms with E-state index in [4.69, 9.17) is 14.7 Å². The smallest absolute Gasteiger partial charge is 0.225 e. The molecule has 0 radical (unpaired) electrons. The fourth-order valence-electron chi connectivity index (χ4n) is 4.79. The fourth-order valence-corrected chi connectivity index (χ4v) is 4.79. The summed E-state index contributed by atoms with van der Waals surface area (Å²) < 4.78 is 5.49. The van der Waals surface area contributed by atoms with E-state index >= 15 is 0 Å². The third-order valence-electron chi connectivity index (χ3n) is 6.61. The van der Waals surface area contributed by atoms with Gasteiger partial charge in [0.05, 0.1) is 13.2 Å². The molecule has 1 aliphatic carbocycles. The molecule has 3 aliphatic rings. The molecule has 2 aliphatic heterocycles. The lowest BCUT2D eigenvalue weighted by Crippen LogP contribution is -2.42. The molecule has 0 unspecified atom stereocenters. The number of morpholine rings is 1. The molecule has 0 atom stereocenters. The van der Waals surface area contributed by atoms with Crippen molar-refractivity contribution in [1.82, 2.24) is 14.9 Å². The van der Waals surface area contributed by atoms with E-state index in [-0.39, 0.29) is 5.92 Å². The highest BCUT2D eigenvalue weighted by atomic mass is 16.5. The van der Waals surface area contributed by atoms with Crippen LogP contribution in [0.4, 0.5) is 5.82 Å². The van der Waals surface area contributed by atoms with Gasteiger partial charge in [-0.1, -0.05) is 26.2 Å². The number of carbonyl (C=O) groups excluding carboxylic acids is 1. The van der Waals surface area contributed by atoms with Gasteiger partial charge in [-0.2, -0.15) is 0 Å². The molecular weight excluding hydrogens is 352 g/mol. The van der Waals surface area contributed by atoms with Gasteiger partial charge in [-0.25, -0.2) is 9.97 Å². The average molecular weight is 387 g/mol. The van der Waals surface area contributed by atoms with E-state index in [0.717, 1.165) is 88.8 Å². The van der Waals surface area contributed by atoms with E-state index in [1.165, 1.54) is 19.3 Å². The summed E-state index contributed by atoms with van der Waals surface area (Å²) in [4.78, 5) is 27.1. The predicted octanol–water partition coefficient (Wildman–Crippen LogP) is 3.16. The van der Waals surface area contributed by atoms with Crippen LogP contribution in [0.2, 0.25) is 0 Å². The molecule has 2 saturated heterocycles. The summed E-state index contributed by atoms with van der Waals surface area (Å²) in [5.74, 6) is 3.06. The lowest BCUT2D eigenvalue weighted by molar-refractivity contribution is -0.137. The zero-order chi connectivity index (χ0) is 19.3. The summed E-state index contributed by atoms with van der Waals surface area (Å²) in [5, 5.41) is 0. The maximum absolute atomic E-state index is 12.8. The number of nitrogens with zero attached hydrogens (tertiary/aromatic N) is 4. The maximum atomic E-state index is 12.8. The van der Waals surface area contributed by atoms with Crippen LogP contribution in [0.1, 0.15) is 69.3 Å². The van der Waals surface area contributed by atoms with E-state index in [1.54, 1.807) is 0 Å². The van der Waals surface area contributed by atoms with Crippen LogP contribution in [0.3, 0.4) is 0 Å². The minimum absolute atomic E-state index is 0.276. The van der Waals surface area contributed by atoms with Crippen LogP contribution in [0, 0.1) is 5.92 Å². The van der Waals surface area contributed by atoms with Crippen LogP contribution in [0.25, 0.3) is 0 Å². The van der Waals surface area contributed by atoms with Crippen molar-refractivity contribution in [3.63, 3.8) is 0 Å². The van der Waals surface area contributed by atoms with Crippen molar-refractivity contribution in [2.45, 2.75) is 64.2 Å². The number of ether oxygens (including phenoxy) is 1. The number of piperidine rings is 1. The highest BCUT2D eigenvalue weighted by Gasteiger charge is 2.30. The predicted molar refractivity (Wildman–Crippen MR) is 110 cm³/mol. The summed E-state index contributed by atoms with van der Waals surface area (Å²) in [6.45, 7) is 7.19. The van der Waals surface area contributed by atoms with Gasteiger partial charge < -0.3 is 14.5 Å². The maximum Gasteiger partial charge on any atom is 0.225 e. The Balaban J connectivity index is 1.41. The van der Waals surface area contributed by atoms with Gasteiger partial charge in [-0.05, 0) is 32.1 Å². The Hall–Kier alpha value is -1.69. The lowest BCUT2D eigenvalue weighted by Gasteiger charge is -2.35. The van der Waals surface area contributed by atoms with Crippen LogP contribution >= 0.6 is 0 Å². The molecule has 4 rings (SSSR count). The van der Waals surface area contributed by atoms with Crippen LogP contribution in [-0.2, 0) is 16.0 Å². The van der Waals surface area contributed by atoms with Gasteiger partial charge in [0.1, 0.15) is 11.6 Å². The summed E-state index contributed by atoms with van der Waals surface area (Å²) in [5.41, 5.74) is 1.12. The summed E-state index contributed by atoms with van der Waals surface area (Å²) in [6, 6.07) is 2.14. The first-order valence-corrected chi connectivity index (χ1v) is 11.2. The molecule has 3 fully saturated rings. The molecule has 0 spiro atoms. The number of amides is 1. The first kappa shape index (κ1) is 19.6. The standard InChI is InChI=1S/C22H34N4O2/c1-2-19-16-20(25-12-14-28-15-13-25)24-21(23-19)17-8-10-26(11-9-17)22(27)18-6-4-3-5-7-18/h16-18H,2-15H2,1H3. The number of hydrogen-bond acceptors (Lipinski definition) is 5. The second-order valence-electron chi connectivity index (χ2n) is 8.46. The number of likely N-dealkylation sites (tertiary alicyclic amines) is 1. The van der Waals surface area contributed by atoms with Crippen molar-refractivity contribution in [2.75, 3.05) is 44.3 Å². The van der Waals surface area contributed by atoms with Gasteiger partial charge in [0.25, 0.3) is 0 Å². The average Bonchev–Trinajstić information content (AvgIpc) is 2.79. The SMILES string of the molecule is CCc1cc(N2CCOCC2)nc(C2CCN(C(=O)C3CCCCC3)CC2)n1. The second kappa shape index (κ2) is 9.21. The van der Waals surface area contributed by atoms with Gasteiger partial charge in [0.2, 0.25) is 5.91 Å². The number of hydrogen-bond donors (Lipinski definition) is 0. The molecule has 1 aromatic heterocycles. The van der Waals surface area contributed by atoms with Crippen molar-refractivity contribution in [1.29, 1.82) is 0 Å². The molecule has 1 amide bonds. The minimum atomic E-state index is 0.276. The van der Waals surface area contributed by atoms with Gasteiger partial charge >= 0.3 is 0 Å². The van der Waals surface area contributed by atoms with E-state index in [9.17, 15) is 4.79 Å². The molecule has 1 saturated carbocycles. The summed E-state index contributed by atoms with van der Waals surface area (Å²) in [6.07, 6.45) is 8.78. The lowest BCUT2D eigenvalue weighted by atomic mass is 9.87. The Morgan fingerprint density at radius 2 is 1.75 bits per heavy atom. The molecule has 0 bridgehead atoms. The van der Waals surface area contributed by atoms with Crippen molar-refractivity contribution in [3.8, 4) is 0 Å². The van der Waals surface area contributed by atoms with E-state index < -0.39 is 0 Å². The summed E-state index contributed by atoms with van der Waals surface area (Å²) in [7, 11) is 0. The van der Waals surface area contributed by atoms with Gasteiger partial charge in [-0.15, -0.1) is 0 Å². The zero-order valence-corrected chi connectivity index (χ0v) is 17.2. The molecule has 0 aromatic carbocycles. The van der Waals surface area contributed by atoms with Gasteiger partial charge in [0, 0.05) is 49.8 Å². The second-order valence-corrected chi connectivity index (χ2v) is 8.46. The molecule has 154 valence electrons. The Kier molecular flexibility index (Phi) is 6.45. The first-order valence-electron chi connectivity index (χ1n) is 11.2. The Bertz CT molecular complexity index is 661. The molecule has 6 nitrogen and oxygen atoms in total. The topological polar surface area (TPSA) is 58.6 Å². The number of aromatic nitrogens is 2. The van der Waals surface area contributed by atoms with Gasteiger partial charge in [0.15, 0.2) is 0 Å². The van der Waals surface area contributed by atoms with Crippen molar-refractivity contribution in [2.24, 2.45) is 5.92 Å². The van der Waals surface area contributed by atoms with Crippen LogP contribution in [0.15, 0.2) is 6.07 Å². The zero-order valence-electron chi connectivity index (χ0n) is 17.2. The van der Waals surface area contributed by atoms with E-state index in [1.807, 2.05) is 0 Å². The van der Waals surface area contributed by atoms with Crippen LogP contribution < -0.4 is 4.90 Å². The molecule has 0 N–H and O–H groups in total. The van der Waals surface area contributed by atoms with Crippen LogP contribution in [-0.4, -0.2) is 60.2 Å². The van der Waals surface area contributed by atoms with Crippen LogP contribution in [0.5, 0.6) is 0 Å². The third-order valence-corrected chi connectivity index (χ3v) is 6.61. The van der Waals surface area contributed by atoms with Gasteiger partial charge in [-0.3, -0.25) is 4.79 Å². The number of anilines is 1. The molecular formula is C22H34N4O2. The molecule has 3 heterocycles. The molecule has 28 heavy (non-hydrogen) atoms. The molecule has 6 heteroatoms. The highest BCUT2D eigenvalue weighted by molar-refractivity contribution is 5.79. The Labute approximate surface area is 168 Å². The Morgan fingerprint density at radius 1 is 1.04 bits per heavy atom. The number of aryl methyl sites for hydroxylation is 1. The number of rotatable bonds is 4. The van der Waals surface area contributed by atoms with Crippen molar-refractivity contribution in [3.05, 3.63) is 17.6 Å².